The van der Waals surface area contributed by atoms with Gasteiger partial charge in [-0.2, -0.15) is 0 Å². The zero-order valence-electron chi connectivity index (χ0n) is 14.9. The van der Waals surface area contributed by atoms with Crippen molar-refractivity contribution in [2.75, 3.05) is 5.43 Å². The van der Waals surface area contributed by atoms with Gasteiger partial charge in [-0.1, -0.05) is 91.0 Å². The lowest BCUT2D eigenvalue weighted by atomic mass is 10.1. The van der Waals surface area contributed by atoms with Crippen LogP contribution in [0, 0.1) is 0 Å². The van der Waals surface area contributed by atoms with Gasteiger partial charge in [0.1, 0.15) is 0 Å². The summed E-state index contributed by atoms with van der Waals surface area (Å²) >= 11 is 0. The number of carbonyl (C=O) groups excluding carboxylic acids is 1. The molecule has 1 aromatic heterocycles. The van der Waals surface area contributed by atoms with E-state index in [4.69, 9.17) is 0 Å². The average Bonchev–Trinajstić information content (AvgIpc) is 3.13. The third kappa shape index (κ3) is 3.82. The Morgan fingerprint density at radius 2 is 1.07 bits per heavy atom. The first-order valence-corrected chi connectivity index (χ1v) is 8.97. The van der Waals surface area contributed by atoms with Crippen molar-refractivity contribution in [2.24, 2.45) is 0 Å². The van der Waals surface area contributed by atoms with Crippen LogP contribution in [0.15, 0.2) is 103 Å². The molecule has 0 spiro atoms. The largest absolute Gasteiger partial charge is 0.273 e. The number of hydrogen-bond donors (Lipinski definition) is 1. The fourth-order valence-electron chi connectivity index (χ4n) is 3.17. The van der Waals surface area contributed by atoms with E-state index in [0.29, 0.717) is 6.42 Å². The van der Waals surface area contributed by atoms with Crippen LogP contribution < -0.4 is 5.43 Å². The molecule has 1 heterocycles. The standard InChI is InChI=1S/C24H20N2O/c27-24(18-19-10-4-1-5-11-19)25-26-22(20-12-6-2-7-13-20)16-17-23(26)21-14-8-3-9-15-21/h1-17H,18H2,(H,25,27). The van der Waals surface area contributed by atoms with Crippen molar-refractivity contribution in [3.63, 3.8) is 0 Å². The van der Waals surface area contributed by atoms with Crippen LogP contribution in [-0.2, 0) is 11.2 Å². The molecule has 1 amide bonds. The Balaban J connectivity index is 1.70. The fourth-order valence-corrected chi connectivity index (χ4v) is 3.17. The smallest absolute Gasteiger partial charge is 0.243 e. The van der Waals surface area contributed by atoms with E-state index in [1.165, 1.54) is 0 Å². The minimum atomic E-state index is -0.0493. The van der Waals surface area contributed by atoms with Gasteiger partial charge < -0.3 is 0 Å². The van der Waals surface area contributed by atoms with Crippen LogP contribution in [0.4, 0.5) is 0 Å². The number of rotatable bonds is 5. The molecule has 3 heteroatoms. The summed E-state index contributed by atoms with van der Waals surface area (Å²) in [5, 5.41) is 0. The van der Waals surface area contributed by atoms with Crippen LogP contribution in [0.2, 0.25) is 0 Å². The lowest BCUT2D eigenvalue weighted by Crippen LogP contribution is -2.25. The molecule has 3 aromatic carbocycles. The Bertz CT molecular complexity index is 965. The summed E-state index contributed by atoms with van der Waals surface area (Å²) in [5.74, 6) is -0.0493. The van der Waals surface area contributed by atoms with Crippen molar-refractivity contribution in [1.82, 2.24) is 4.68 Å². The number of benzene rings is 3. The maximum Gasteiger partial charge on any atom is 0.243 e. The van der Waals surface area contributed by atoms with Gasteiger partial charge in [-0.25, -0.2) is 0 Å². The molecule has 1 N–H and O–H groups in total. The highest BCUT2D eigenvalue weighted by molar-refractivity contribution is 5.87. The molecule has 4 rings (SSSR count). The van der Waals surface area contributed by atoms with Crippen molar-refractivity contribution in [3.8, 4) is 22.5 Å². The monoisotopic (exact) mass is 352 g/mol. The zero-order chi connectivity index (χ0) is 18.5. The number of nitrogens with zero attached hydrogens (tertiary/aromatic N) is 1. The Labute approximate surface area is 158 Å². The summed E-state index contributed by atoms with van der Waals surface area (Å²) < 4.78 is 1.88. The second-order valence-corrected chi connectivity index (χ2v) is 6.37. The Morgan fingerprint density at radius 3 is 1.56 bits per heavy atom. The van der Waals surface area contributed by atoms with Crippen LogP contribution in [0.3, 0.4) is 0 Å². The maximum atomic E-state index is 12.7. The second kappa shape index (κ2) is 7.75. The summed E-state index contributed by atoms with van der Waals surface area (Å²) in [5.41, 5.74) is 8.09. The fraction of sp³-hybridized carbons (Fsp3) is 0.0417. The van der Waals surface area contributed by atoms with Crippen molar-refractivity contribution < 1.29 is 4.79 Å². The molecule has 0 atom stereocenters. The molecule has 4 aromatic rings. The number of carbonyl (C=O) groups is 1. The van der Waals surface area contributed by atoms with E-state index in [-0.39, 0.29) is 5.91 Å². The molecule has 3 nitrogen and oxygen atoms in total. The molecule has 0 unspecified atom stereocenters. The van der Waals surface area contributed by atoms with Gasteiger partial charge in [0.2, 0.25) is 5.91 Å². The molecule has 0 fully saturated rings. The minimum Gasteiger partial charge on any atom is -0.273 e. The predicted octanol–water partition coefficient (Wildman–Crippen LogP) is 5.13. The molecule has 0 bridgehead atoms. The second-order valence-electron chi connectivity index (χ2n) is 6.37. The van der Waals surface area contributed by atoms with E-state index < -0.39 is 0 Å². The van der Waals surface area contributed by atoms with Gasteiger partial charge in [0.25, 0.3) is 0 Å². The Morgan fingerprint density at radius 1 is 0.630 bits per heavy atom. The molecule has 27 heavy (non-hydrogen) atoms. The van der Waals surface area contributed by atoms with Crippen LogP contribution in [-0.4, -0.2) is 10.6 Å². The molecule has 0 aliphatic heterocycles. The summed E-state index contributed by atoms with van der Waals surface area (Å²) in [7, 11) is 0. The lowest BCUT2D eigenvalue weighted by Gasteiger charge is -2.15. The summed E-state index contributed by atoms with van der Waals surface area (Å²) in [6.07, 6.45) is 0.335. The zero-order valence-corrected chi connectivity index (χ0v) is 14.9. The molecule has 0 saturated heterocycles. The van der Waals surface area contributed by atoms with E-state index in [1.807, 2.05) is 108 Å². The van der Waals surface area contributed by atoms with Crippen LogP contribution in [0.1, 0.15) is 5.56 Å². The molecule has 132 valence electrons. The van der Waals surface area contributed by atoms with Gasteiger partial charge >= 0.3 is 0 Å². The average molecular weight is 352 g/mol. The quantitative estimate of drug-likeness (QED) is 0.530. The summed E-state index contributed by atoms with van der Waals surface area (Å²) in [6, 6.07) is 34.0. The van der Waals surface area contributed by atoms with E-state index in [0.717, 1.165) is 28.1 Å². The van der Waals surface area contributed by atoms with Gasteiger partial charge in [0, 0.05) is 11.1 Å². The summed E-state index contributed by atoms with van der Waals surface area (Å²) in [4.78, 5) is 12.7. The molecular formula is C24H20N2O. The molecule has 0 aliphatic carbocycles. The highest BCUT2D eigenvalue weighted by atomic mass is 16.2. The first-order valence-electron chi connectivity index (χ1n) is 8.97. The van der Waals surface area contributed by atoms with Crippen molar-refractivity contribution >= 4 is 5.91 Å². The topological polar surface area (TPSA) is 34.0 Å². The SMILES string of the molecule is O=C(Cc1ccccc1)Nn1c(-c2ccccc2)ccc1-c1ccccc1. The molecule has 0 saturated carbocycles. The number of nitrogens with one attached hydrogen (secondary N) is 1. The van der Waals surface area contributed by atoms with Crippen molar-refractivity contribution in [1.29, 1.82) is 0 Å². The molecule has 0 radical (unpaired) electrons. The number of hydrogen-bond acceptors (Lipinski definition) is 1. The minimum absolute atomic E-state index is 0.0493. The Kier molecular flexibility index (Phi) is 4.84. The van der Waals surface area contributed by atoms with Crippen LogP contribution in [0.25, 0.3) is 22.5 Å². The molecule has 0 aliphatic rings. The van der Waals surface area contributed by atoms with Gasteiger partial charge in [-0.3, -0.25) is 14.9 Å². The van der Waals surface area contributed by atoms with Crippen molar-refractivity contribution in [2.45, 2.75) is 6.42 Å². The number of amides is 1. The first-order chi connectivity index (χ1) is 13.3. The van der Waals surface area contributed by atoms with Gasteiger partial charge in [0.05, 0.1) is 17.8 Å². The van der Waals surface area contributed by atoms with Crippen molar-refractivity contribution in [3.05, 3.63) is 109 Å². The van der Waals surface area contributed by atoms with Crippen LogP contribution in [0.5, 0.6) is 0 Å². The molecular weight excluding hydrogens is 332 g/mol. The van der Waals surface area contributed by atoms with Gasteiger partial charge in [-0.15, -0.1) is 0 Å². The number of aromatic nitrogens is 1. The lowest BCUT2D eigenvalue weighted by molar-refractivity contribution is -0.116. The third-order valence-corrected chi connectivity index (χ3v) is 4.46. The first kappa shape index (κ1) is 16.9. The van der Waals surface area contributed by atoms with E-state index in [9.17, 15) is 4.79 Å². The van der Waals surface area contributed by atoms with Gasteiger partial charge in [-0.05, 0) is 17.7 Å². The highest BCUT2D eigenvalue weighted by Crippen LogP contribution is 2.27. The van der Waals surface area contributed by atoms with E-state index in [1.54, 1.807) is 0 Å². The van der Waals surface area contributed by atoms with E-state index in [2.05, 4.69) is 5.43 Å². The van der Waals surface area contributed by atoms with Gasteiger partial charge in [0.15, 0.2) is 0 Å². The normalized spacial score (nSPS) is 10.5. The third-order valence-electron chi connectivity index (χ3n) is 4.46. The summed E-state index contributed by atoms with van der Waals surface area (Å²) in [6.45, 7) is 0. The van der Waals surface area contributed by atoms with Crippen LogP contribution >= 0.6 is 0 Å². The maximum absolute atomic E-state index is 12.7. The highest BCUT2D eigenvalue weighted by Gasteiger charge is 2.14. The van der Waals surface area contributed by atoms with E-state index >= 15 is 0 Å². The Hall–Kier alpha value is -3.59. The predicted molar refractivity (Wildman–Crippen MR) is 110 cm³/mol.